The van der Waals surface area contributed by atoms with Gasteiger partial charge in [0.25, 0.3) is 5.78 Å². The second kappa shape index (κ2) is 10.9. The van der Waals surface area contributed by atoms with E-state index < -0.39 is 0 Å². The van der Waals surface area contributed by atoms with E-state index in [1.807, 2.05) is 23.8 Å². The van der Waals surface area contributed by atoms with Gasteiger partial charge in [-0.1, -0.05) is 24.3 Å². The molecule has 0 bridgehead atoms. The van der Waals surface area contributed by atoms with E-state index in [-0.39, 0.29) is 0 Å². The van der Waals surface area contributed by atoms with Crippen LogP contribution in [0.3, 0.4) is 0 Å². The maximum atomic E-state index is 4.81. The van der Waals surface area contributed by atoms with Crippen LogP contribution in [0.15, 0.2) is 36.7 Å². The summed E-state index contributed by atoms with van der Waals surface area (Å²) in [5.41, 5.74) is 6.85. The molecule has 2 aliphatic heterocycles. The quantitative estimate of drug-likeness (QED) is 0.363. The Morgan fingerprint density at radius 1 is 0.900 bits per heavy atom. The third-order valence-corrected chi connectivity index (χ3v) is 8.96. The monoisotopic (exact) mass is 539 g/mol. The van der Waals surface area contributed by atoms with Crippen molar-refractivity contribution >= 4 is 11.6 Å². The number of piperazine rings is 1. The molecule has 6 rings (SSSR count). The standard InChI is InChI=1S/C31H41N9/c1-20-17-39(21(2)16-37(20)6)18-25-7-9-27(10-8-25)29-14-33-30(15-32-29)38-12-11-26(19-38)13-28-22(3)34-31-35-24(5)36-40(31)23(28)4/h7-10,14-15,20-21,26H,11-13,16-19H2,1-6H3/t20-,21-,26?/m1/s1. The van der Waals surface area contributed by atoms with Crippen molar-refractivity contribution in [2.24, 2.45) is 5.92 Å². The summed E-state index contributed by atoms with van der Waals surface area (Å²) in [6, 6.07) is 10.00. The Hall–Kier alpha value is -3.43. The van der Waals surface area contributed by atoms with Gasteiger partial charge in [0.15, 0.2) is 0 Å². The molecule has 2 saturated heterocycles. The topological polar surface area (TPSA) is 78.6 Å². The van der Waals surface area contributed by atoms with Crippen molar-refractivity contribution < 1.29 is 0 Å². The zero-order valence-electron chi connectivity index (χ0n) is 24.7. The fourth-order valence-corrected chi connectivity index (χ4v) is 6.34. The van der Waals surface area contributed by atoms with Crippen LogP contribution < -0.4 is 4.90 Å². The zero-order valence-corrected chi connectivity index (χ0v) is 24.7. The van der Waals surface area contributed by atoms with Crippen molar-refractivity contribution in [1.82, 2.24) is 39.3 Å². The molecule has 0 aliphatic carbocycles. The third-order valence-electron chi connectivity index (χ3n) is 8.96. The molecule has 0 radical (unpaired) electrons. The predicted octanol–water partition coefficient (Wildman–Crippen LogP) is 4.10. The minimum absolute atomic E-state index is 0.543. The van der Waals surface area contributed by atoms with Gasteiger partial charge < -0.3 is 9.80 Å². The van der Waals surface area contributed by atoms with Gasteiger partial charge in [0.05, 0.1) is 18.1 Å². The summed E-state index contributed by atoms with van der Waals surface area (Å²) in [5.74, 6) is 2.94. The Morgan fingerprint density at radius 2 is 1.70 bits per heavy atom. The predicted molar refractivity (Wildman–Crippen MR) is 158 cm³/mol. The summed E-state index contributed by atoms with van der Waals surface area (Å²) in [7, 11) is 2.23. The molecule has 0 N–H and O–H groups in total. The van der Waals surface area contributed by atoms with Crippen molar-refractivity contribution in [2.75, 3.05) is 38.1 Å². The average Bonchev–Trinajstić information content (AvgIpc) is 3.56. The lowest BCUT2D eigenvalue weighted by molar-refractivity contribution is 0.0546. The van der Waals surface area contributed by atoms with Gasteiger partial charge in [0, 0.05) is 61.8 Å². The first-order chi connectivity index (χ1) is 19.2. The Labute approximate surface area is 237 Å². The first-order valence-electron chi connectivity index (χ1n) is 14.5. The molecular weight excluding hydrogens is 498 g/mol. The summed E-state index contributed by atoms with van der Waals surface area (Å²) in [6.07, 6.45) is 5.96. The molecule has 40 heavy (non-hydrogen) atoms. The van der Waals surface area contributed by atoms with Crippen LogP contribution in [0.5, 0.6) is 0 Å². The molecule has 9 nitrogen and oxygen atoms in total. The fourth-order valence-electron chi connectivity index (χ4n) is 6.34. The van der Waals surface area contributed by atoms with Crippen LogP contribution in [0.1, 0.15) is 48.6 Å². The normalized spacial score (nSPS) is 22.4. The lowest BCUT2D eigenvalue weighted by Crippen LogP contribution is -2.54. The molecule has 2 aliphatic rings. The van der Waals surface area contributed by atoms with Gasteiger partial charge in [-0.15, -0.1) is 0 Å². The highest BCUT2D eigenvalue weighted by atomic mass is 15.3. The number of hydrogen-bond donors (Lipinski definition) is 0. The van der Waals surface area contributed by atoms with Gasteiger partial charge >= 0.3 is 0 Å². The van der Waals surface area contributed by atoms with E-state index in [4.69, 9.17) is 15.0 Å². The SMILES string of the molecule is Cc1nc2nc(C)c(CC3CCN(c4cnc(-c5ccc(CN6C[C@@H](C)N(C)C[C@H]6C)cc5)cn4)C3)c(C)n2n1. The van der Waals surface area contributed by atoms with Gasteiger partial charge in [0.2, 0.25) is 0 Å². The maximum Gasteiger partial charge on any atom is 0.252 e. The van der Waals surface area contributed by atoms with E-state index in [0.717, 1.165) is 79.9 Å². The van der Waals surface area contributed by atoms with E-state index in [1.54, 1.807) is 0 Å². The Morgan fingerprint density at radius 3 is 2.45 bits per heavy atom. The molecule has 4 aromatic rings. The summed E-state index contributed by atoms with van der Waals surface area (Å²) in [5, 5.41) is 4.53. The number of hydrogen-bond acceptors (Lipinski definition) is 8. The Balaban J connectivity index is 1.08. The van der Waals surface area contributed by atoms with Crippen molar-refractivity contribution in [3.63, 3.8) is 0 Å². The average molecular weight is 540 g/mol. The molecular formula is C31H41N9. The molecule has 0 saturated carbocycles. The summed E-state index contributed by atoms with van der Waals surface area (Å²) >= 11 is 0. The zero-order chi connectivity index (χ0) is 28.0. The van der Waals surface area contributed by atoms with Crippen LogP contribution in [0.4, 0.5) is 5.82 Å². The van der Waals surface area contributed by atoms with Gasteiger partial charge in [-0.05, 0) is 71.6 Å². The Kier molecular flexibility index (Phi) is 7.27. The van der Waals surface area contributed by atoms with Crippen molar-refractivity contribution in [3.05, 3.63) is 65.0 Å². The van der Waals surface area contributed by atoms with Crippen LogP contribution >= 0.6 is 0 Å². The lowest BCUT2D eigenvalue weighted by Gasteiger charge is -2.42. The molecule has 5 heterocycles. The number of rotatable bonds is 6. The molecule has 210 valence electrons. The lowest BCUT2D eigenvalue weighted by atomic mass is 9.96. The third kappa shape index (κ3) is 5.32. The largest absolute Gasteiger partial charge is 0.355 e. The highest BCUT2D eigenvalue weighted by molar-refractivity contribution is 5.59. The summed E-state index contributed by atoms with van der Waals surface area (Å²) in [6.45, 7) is 15.9. The first kappa shape index (κ1) is 26.8. The van der Waals surface area contributed by atoms with Gasteiger partial charge in [-0.2, -0.15) is 10.1 Å². The summed E-state index contributed by atoms with van der Waals surface area (Å²) < 4.78 is 1.88. The first-order valence-corrected chi connectivity index (χ1v) is 14.5. The minimum Gasteiger partial charge on any atom is -0.355 e. The van der Waals surface area contributed by atoms with Gasteiger partial charge in [0.1, 0.15) is 11.6 Å². The van der Waals surface area contributed by atoms with E-state index in [1.165, 1.54) is 11.1 Å². The molecule has 9 heteroatoms. The highest BCUT2D eigenvalue weighted by Crippen LogP contribution is 2.28. The van der Waals surface area contributed by atoms with Crippen molar-refractivity contribution in [3.8, 4) is 11.3 Å². The van der Waals surface area contributed by atoms with Crippen LogP contribution in [0.25, 0.3) is 17.0 Å². The second-order valence-electron chi connectivity index (χ2n) is 12.0. The molecule has 1 unspecified atom stereocenters. The maximum absolute atomic E-state index is 4.81. The number of nitrogens with zero attached hydrogens (tertiary/aromatic N) is 9. The molecule has 2 fully saturated rings. The number of benzene rings is 1. The second-order valence-corrected chi connectivity index (χ2v) is 12.0. The van der Waals surface area contributed by atoms with E-state index in [9.17, 15) is 0 Å². The van der Waals surface area contributed by atoms with Crippen LogP contribution in [0.2, 0.25) is 0 Å². The molecule has 0 spiro atoms. The molecule has 3 atom stereocenters. The van der Waals surface area contributed by atoms with E-state index in [0.29, 0.717) is 23.8 Å². The highest BCUT2D eigenvalue weighted by Gasteiger charge is 2.27. The molecule has 1 aromatic carbocycles. The van der Waals surface area contributed by atoms with Gasteiger partial charge in [-0.25, -0.2) is 14.5 Å². The van der Waals surface area contributed by atoms with Crippen molar-refractivity contribution in [2.45, 2.75) is 66.1 Å². The van der Waals surface area contributed by atoms with Crippen LogP contribution in [0, 0.1) is 26.7 Å². The van der Waals surface area contributed by atoms with E-state index >= 15 is 0 Å². The van der Waals surface area contributed by atoms with E-state index in [2.05, 4.69) is 83.8 Å². The molecule has 0 amide bonds. The van der Waals surface area contributed by atoms with Crippen molar-refractivity contribution in [1.29, 1.82) is 0 Å². The number of fused-ring (bicyclic) bond motifs is 1. The number of anilines is 1. The minimum atomic E-state index is 0.543. The number of likely N-dealkylation sites (N-methyl/N-ethyl adjacent to an activating group) is 1. The number of aromatic nitrogens is 6. The number of aryl methyl sites for hydroxylation is 3. The van der Waals surface area contributed by atoms with Crippen LogP contribution in [-0.4, -0.2) is 84.7 Å². The molecule has 3 aromatic heterocycles. The van der Waals surface area contributed by atoms with Gasteiger partial charge in [-0.3, -0.25) is 9.88 Å². The smallest absolute Gasteiger partial charge is 0.252 e. The fraction of sp³-hybridized carbons (Fsp3) is 0.516. The Bertz CT molecular complexity index is 1480. The van der Waals surface area contributed by atoms with Crippen LogP contribution in [-0.2, 0) is 13.0 Å². The summed E-state index contributed by atoms with van der Waals surface area (Å²) in [4.78, 5) is 26.2.